The van der Waals surface area contributed by atoms with Crippen LogP contribution in [0, 0.1) is 12.8 Å². The molecule has 30 heavy (non-hydrogen) atoms. The van der Waals surface area contributed by atoms with Gasteiger partial charge in [0.25, 0.3) is 0 Å². The minimum atomic E-state index is -3.21. The highest BCUT2D eigenvalue weighted by Gasteiger charge is 2.20. The summed E-state index contributed by atoms with van der Waals surface area (Å²) < 4.78 is 23.6. The van der Waals surface area contributed by atoms with E-state index >= 15 is 0 Å². The topological polar surface area (TPSA) is 73.8 Å². The second kappa shape index (κ2) is 12.5. The standard InChI is InChI=1S/C23H38N4O2S/c1-8-13-27(14-9-2)21(18(4)5)17-26-23(24-10-3)25-16-20-11-12-22(19(6)15-20)30(7,28)29/h8-9,11-12,15,18,21H,1-2,10,13-14,16-17H2,3-7H3,(H2,24,25,26). The van der Waals surface area contributed by atoms with Crippen LogP contribution in [0.4, 0.5) is 0 Å². The summed E-state index contributed by atoms with van der Waals surface area (Å²) in [6, 6.07) is 5.67. The number of nitrogens with zero attached hydrogens (tertiary/aromatic N) is 2. The van der Waals surface area contributed by atoms with E-state index in [2.05, 4.69) is 47.5 Å². The van der Waals surface area contributed by atoms with Crippen molar-refractivity contribution in [2.75, 3.05) is 32.4 Å². The first-order valence-corrected chi connectivity index (χ1v) is 12.3. The highest BCUT2D eigenvalue weighted by Crippen LogP contribution is 2.17. The predicted octanol–water partition coefficient (Wildman–Crippen LogP) is 3.15. The molecule has 0 aliphatic rings. The van der Waals surface area contributed by atoms with Gasteiger partial charge in [0.2, 0.25) is 0 Å². The summed E-state index contributed by atoms with van der Waals surface area (Å²) in [6.45, 7) is 19.6. The molecular formula is C23H38N4O2S. The largest absolute Gasteiger partial charge is 0.357 e. The monoisotopic (exact) mass is 434 g/mol. The molecule has 0 aliphatic carbocycles. The van der Waals surface area contributed by atoms with Crippen LogP contribution in [0.3, 0.4) is 0 Å². The van der Waals surface area contributed by atoms with Gasteiger partial charge in [-0.2, -0.15) is 0 Å². The molecule has 1 aromatic rings. The van der Waals surface area contributed by atoms with Gasteiger partial charge in [-0.05, 0) is 37.0 Å². The number of rotatable bonds is 12. The van der Waals surface area contributed by atoms with Gasteiger partial charge in [-0.15, -0.1) is 13.2 Å². The van der Waals surface area contributed by atoms with Crippen LogP contribution < -0.4 is 10.6 Å². The molecule has 0 aromatic heterocycles. The lowest BCUT2D eigenvalue weighted by Crippen LogP contribution is -2.49. The second-order valence-electron chi connectivity index (χ2n) is 7.79. The molecular weight excluding hydrogens is 396 g/mol. The number of benzene rings is 1. The van der Waals surface area contributed by atoms with E-state index in [1.807, 2.05) is 38.1 Å². The van der Waals surface area contributed by atoms with Crippen LogP contribution in [0.2, 0.25) is 0 Å². The molecule has 7 heteroatoms. The zero-order valence-electron chi connectivity index (χ0n) is 19.1. The lowest BCUT2D eigenvalue weighted by Gasteiger charge is -2.33. The molecule has 1 rings (SSSR count). The van der Waals surface area contributed by atoms with Crippen LogP contribution in [0.1, 0.15) is 31.9 Å². The summed E-state index contributed by atoms with van der Waals surface area (Å²) in [4.78, 5) is 7.39. The highest BCUT2D eigenvalue weighted by molar-refractivity contribution is 7.90. The summed E-state index contributed by atoms with van der Waals surface area (Å²) in [5.41, 5.74) is 1.71. The fourth-order valence-electron chi connectivity index (χ4n) is 3.40. The quantitative estimate of drug-likeness (QED) is 0.300. The van der Waals surface area contributed by atoms with E-state index in [1.54, 1.807) is 6.07 Å². The Bertz CT molecular complexity index is 822. The highest BCUT2D eigenvalue weighted by atomic mass is 32.2. The Morgan fingerprint density at radius 2 is 1.83 bits per heavy atom. The minimum absolute atomic E-state index is 0.307. The maximum absolute atomic E-state index is 11.8. The van der Waals surface area contributed by atoms with Gasteiger partial charge >= 0.3 is 0 Å². The maximum Gasteiger partial charge on any atom is 0.191 e. The smallest absolute Gasteiger partial charge is 0.191 e. The molecule has 1 aromatic carbocycles. The SMILES string of the molecule is C=CCN(CC=C)C(CNC(=NCc1ccc(S(C)(=O)=O)c(C)c1)NCC)C(C)C. The molecule has 0 heterocycles. The summed E-state index contributed by atoms with van der Waals surface area (Å²) in [5.74, 6) is 1.19. The fourth-order valence-corrected chi connectivity index (χ4v) is 4.36. The van der Waals surface area contributed by atoms with Crippen LogP contribution in [-0.4, -0.2) is 57.8 Å². The van der Waals surface area contributed by atoms with Gasteiger partial charge in [-0.25, -0.2) is 13.4 Å². The van der Waals surface area contributed by atoms with Gasteiger partial charge < -0.3 is 10.6 Å². The maximum atomic E-state index is 11.8. The summed E-state index contributed by atoms with van der Waals surface area (Å²) in [6.07, 6.45) is 5.06. The van der Waals surface area contributed by atoms with Crippen molar-refractivity contribution < 1.29 is 8.42 Å². The van der Waals surface area contributed by atoms with Crippen molar-refractivity contribution in [3.8, 4) is 0 Å². The Balaban J connectivity index is 2.92. The van der Waals surface area contributed by atoms with Gasteiger partial charge in [0.15, 0.2) is 15.8 Å². The van der Waals surface area contributed by atoms with Crippen LogP contribution in [-0.2, 0) is 16.4 Å². The van der Waals surface area contributed by atoms with Crippen molar-refractivity contribution in [2.45, 2.75) is 45.2 Å². The van der Waals surface area contributed by atoms with Crippen LogP contribution in [0.25, 0.3) is 0 Å². The van der Waals surface area contributed by atoms with Crippen molar-refractivity contribution in [1.29, 1.82) is 0 Å². The van der Waals surface area contributed by atoms with Gasteiger partial charge in [-0.1, -0.05) is 38.1 Å². The number of guanidine groups is 1. The van der Waals surface area contributed by atoms with Crippen molar-refractivity contribution in [3.63, 3.8) is 0 Å². The van der Waals surface area contributed by atoms with E-state index in [9.17, 15) is 8.42 Å². The Labute approximate surface area is 183 Å². The Morgan fingerprint density at radius 3 is 2.30 bits per heavy atom. The normalized spacial score (nSPS) is 13.4. The van der Waals surface area contributed by atoms with Crippen molar-refractivity contribution in [2.24, 2.45) is 10.9 Å². The molecule has 0 saturated carbocycles. The first-order valence-electron chi connectivity index (χ1n) is 10.4. The van der Waals surface area contributed by atoms with E-state index in [4.69, 9.17) is 0 Å². The van der Waals surface area contributed by atoms with E-state index in [0.29, 0.717) is 23.4 Å². The van der Waals surface area contributed by atoms with E-state index in [-0.39, 0.29) is 0 Å². The van der Waals surface area contributed by atoms with Crippen LogP contribution in [0.15, 0.2) is 53.4 Å². The third-order valence-electron chi connectivity index (χ3n) is 4.85. The van der Waals surface area contributed by atoms with Crippen molar-refractivity contribution >= 4 is 15.8 Å². The molecule has 1 unspecified atom stereocenters. The molecule has 0 aliphatic heterocycles. The van der Waals surface area contributed by atoms with Crippen molar-refractivity contribution in [3.05, 3.63) is 54.6 Å². The summed E-state index contributed by atoms with van der Waals surface area (Å²) in [7, 11) is -3.21. The average Bonchev–Trinajstić information content (AvgIpc) is 2.65. The van der Waals surface area contributed by atoms with Gasteiger partial charge in [0, 0.05) is 38.5 Å². The first-order chi connectivity index (χ1) is 14.1. The summed E-state index contributed by atoms with van der Waals surface area (Å²) >= 11 is 0. The zero-order chi connectivity index (χ0) is 22.7. The molecule has 0 amide bonds. The molecule has 168 valence electrons. The van der Waals surface area contributed by atoms with Crippen LogP contribution >= 0.6 is 0 Å². The number of aliphatic imine (C=N–C) groups is 1. The third-order valence-corrected chi connectivity index (χ3v) is 6.10. The number of nitrogens with one attached hydrogen (secondary N) is 2. The van der Waals surface area contributed by atoms with Crippen molar-refractivity contribution in [1.82, 2.24) is 15.5 Å². The molecule has 2 N–H and O–H groups in total. The minimum Gasteiger partial charge on any atom is -0.357 e. The first kappa shape index (κ1) is 25.9. The Kier molecular flexibility index (Phi) is 10.8. The van der Waals surface area contributed by atoms with Gasteiger partial charge in [0.05, 0.1) is 11.4 Å². The zero-order valence-corrected chi connectivity index (χ0v) is 19.9. The van der Waals surface area contributed by atoms with Gasteiger partial charge in [0.1, 0.15) is 0 Å². The number of hydrogen-bond donors (Lipinski definition) is 2. The average molecular weight is 435 g/mol. The fraction of sp³-hybridized carbons (Fsp3) is 0.522. The molecule has 0 bridgehead atoms. The summed E-state index contributed by atoms with van der Waals surface area (Å²) in [5, 5.41) is 6.74. The molecule has 0 spiro atoms. The Morgan fingerprint density at radius 1 is 1.20 bits per heavy atom. The van der Waals surface area contributed by atoms with Gasteiger partial charge in [-0.3, -0.25) is 4.90 Å². The Hall–Kier alpha value is -2.12. The number of hydrogen-bond acceptors (Lipinski definition) is 4. The molecule has 1 atom stereocenters. The number of aryl methyl sites for hydroxylation is 1. The third kappa shape index (κ3) is 8.32. The lowest BCUT2D eigenvalue weighted by molar-refractivity contribution is 0.190. The predicted molar refractivity (Wildman–Crippen MR) is 128 cm³/mol. The molecule has 0 saturated heterocycles. The van der Waals surface area contributed by atoms with E-state index < -0.39 is 9.84 Å². The lowest BCUT2D eigenvalue weighted by atomic mass is 10.0. The second-order valence-corrected chi connectivity index (χ2v) is 9.77. The molecule has 0 fully saturated rings. The molecule has 0 radical (unpaired) electrons. The van der Waals surface area contributed by atoms with Crippen LogP contribution in [0.5, 0.6) is 0 Å². The molecule has 6 nitrogen and oxygen atoms in total. The number of sulfone groups is 1. The van der Waals surface area contributed by atoms with E-state index in [1.165, 1.54) is 6.26 Å². The van der Waals surface area contributed by atoms with E-state index in [0.717, 1.165) is 43.3 Å².